The number of benzene rings is 1. The Kier molecular flexibility index (Phi) is 20.0. The molecule has 0 unspecified atom stereocenters. The standard InChI is InChI=1S/C8H9NOS.C6H15N.CH3NOS.ClH/c1-6-4-2-3-5-7(6)9-8(10)11;1-4-7(5-2)6-3;2-1(3)4;/h2-5H,1H3,(H2,9,10,11);4-6H2,1-3H3;(H3,2,3,4);1H. The van der Waals surface area contributed by atoms with Crippen LogP contribution < -0.4 is 11.1 Å². The van der Waals surface area contributed by atoms with Gasteiger partial charge >= 0.3 is 0 Å². The van der Waals surface area contributed by atoms with E-state index in [4.69, 9.17) is 10.2 Å². The summed E-state index contributed by atoms with van der Waals surface area (Å²) in [6, 6.07) is 7.62. The molecule has 5 N–H and O–H groups in total. The summed E-state index contributed by atoms with van der Waals surface area (Å²) in [6.45, 7) is 12.1. The lowest BCUT2D eigenvalue weighted by Crippen LogP contribution is -2.21. The molecule has 0 heterocycles. The van der Waals surface area contributed by atoms with Crippen molar-refractivity contribution in [1.82, 2.24) is 4.90 Å². The highest BCUT2D eigenvalue weighted by molar-refractivity contribution is 7.80. The lowest BCUT2D eigenvalue weighted by atomic mass is 10.2. The van der Waals surface area contributed by atoms with Crippen molar-refractivity contribution in [3.8, 4) is 0 Å². The zero-order valence-corrected chi connectivity index (χ0v) is 16.5. The van der Waals surface area contributed by atoms with Gasteiger partial charge < -0.3 is 26.2 Å². The number of aliphatic hydroxyl groups is 2. The molecule has 1 aromatic rings. The molecule has 8 heteroatoms. The van der Waals surface area contributed by atoms with Gasteiger partial charge in [-0.05, 0) is 62.6 Å². The molecule has 0 aliphatic heterocycles. The smallest absolute Gasteiger partial charge is 0.258 e. The van der Waals surface area contributed by atoms with E-state index in [0.29, 0.717) is 0 Å². The van der Waals surface area contributed by atoms with Gasteiger partial charge in [0.15, 0.2) is 0 Å². The van der Waals surface area contributed by atoms with E-state index in [1.165, 1.54) is 19.6 Å². The highest BCUT2D eigenvalue weighted by atomic mass is 35.5. The van der Waals surface area contributed by atoms with Crippen LogP contribution in [0, 0.1) is 6.92 Å². The van der Waals surface area contributed by atoms with Crippen LogP contribution in [-0.2, 0) is 0 Å². The molecule has 0 amide bonds. The van der Waals surface area contributed by atoms with E-state index in [0.717, 1.165) is 11.3 Å². The lowest BCUT2D eigenvalue weighted by Gasteiger charge is -2.13. The summed E-state index contributed by atoms with van der Waals surface area (Å²) in [4.78, 5) is 2.38. The van der Waals surface area contributed by atoms with Gasteiger partial charge in [0.2, 0.25) is 0 Å². The molecule has 0 aliphatic carbocycles. The minimum atomic E-state index is -0.500. The molecule has 0 saturated heterocycles. The van der Waals surface area contributed by atoms with Crippen molar-refractivity contribution in [2.75, 3.05) is 25.0 Å². The van der Waals surface area contributed by atoms with E-state index < -0.39 is 5.17 Å². The second kappa shape index (κ2) is 17.2. The van der Waals surface area contributed by atoms with E-state index in [9.17, 15) is 0 Å². The number of nitrogens with zero attached hydrogens (tertiary/aromatic N) is 1. The van der Waals surface area contributed by atoms with Crippen molar-refractivity contribution in [3.05, 3.63) is 29.8 Å². The van der Waals surface area contributed by atoms with Crippen LogP contribution in [-0.4, -0.2) is 45.1 Å². The fourth-order valence-electron chi connectivity index (χ4n) is 1.50. The number of aliphatic hydroxyl groups excluding tert-OH is 2. The number of thiocarbonyl (C=S) groups is 2. The number of para-hydroxylation sites is 1. The Hall–Kier alpha value is -1.15. The van der Waals surface area contributed by atoms with Crippen molar-refractivity contribution in [2.45, 2.75) is 27.7 Å². The average molecular weight is 382 g/mol. The van der Waals surface area contributed by atoms with Crippen molar-refractivity contribution in [1.29, 1.82) is 0 Å². The van der Waals surface area contributed by atoms with Crippen molar-refractivity contribution >= 4 is 52.9 Å². The van der Waals surface area contributed by atoms with Gasteiger partial charge in [-0.2, -0.15) is 0 Å². The molecule has 134 valence electrons. The summed E-state index contributed by atoms with van der Waals surface area (Å²) in [5.41, 5.74) is 6.30. The van der Waals surface area contributed by atoms with Crippen LogP contribution in [0.4, 0.5) is 5.69 Å². The molecule has 0 fully saturated rings. The number of anilines is 1. The number of hydrogen-bond donors (Lipinski definition) is 4. The third-order valence-corrected chi connectivity index (χ3v) is 2.83. The fraction of sp³-hybridized carbons (Fsp3) is 0.467. The van der Waals surface area contributed by atoms with Crippen LogP contribution in [0.15, 0.2) is 24.3 Å². The van der Waals surface area contributed by atoms with E-state index in [1.54, 1.807) is 0 Å². The Morgan fingerprint density at radius 2 is 1.48 bits per heavy atom. The molecule has 1 rings (SSSR count). The molecule has 0 saturated carbocycles. The summed E-state index contributed by atoms with van der Waals surface area (Å²) >= 11 is 8.35. The highest BCUT2D eigenvalue weighted by Crippen LogP contribution is 2.12. The van der Waals surface area contributed by atoms with Gasteiger partial charge in [0.05, 0.1) is 0 Å². The minimum absolute atomic E-state index is 0. The van der Waals surface area contributed by atoms with Crippen LogP contribution >= 0.6 is 36.8 Å². The normalized spacial score (nSPS) is 8.57. The molecule has 0 aromatic heterocycles. The number of hydrogen-bond acceptors (Lipinski definition) is 3. The lowest BCUT2D eigenvalue weighted by molar-refractivity contribution is 0.321. The summed E-state index contributed by atoms with van der Waals surface area (Å²) in [5, 5.41) is 18.3. The first-order chi connectivity index (χ1) is 10.3. The average Bonchev–Trinajstić information content (AvgIpc) is 2.43. The van der Waals surface area contributed by atoms with E-state index >= 15 is 0 Å². The van der Waals surface area contributed by atoms with Gasteiger partial charge in [-0.1, -0.05) is 39.0 Å². The van der Waals surface area contributed by atoms with E-state index in [1.807, 2.05) is 31.2 Å². The first-order valence-corrected chi connectivity index (χ1v) is 7.86. The molecule has 0 atom stereocenters. The summed E-state index contributed by atoms with van der Waals surface area (Å²) in [7, 11) is 0. The molecule has 1 aromatic carbocycles. The van der Waals surface area contributed by atoms with E-state index in [-0.39, 0.29) is 17.6 Å². The van der Waals surface area contributed by atoms with Gasteiger partial charge in [-0.25, -0.2) is 0 Å². The maximum absolute atomic E-state index is 8.75. The number of nitrogens with one attached hydrogen (secondary N) is 1. The van der Waals surface area contributed by atoms with Gasteiger partial charge in [0.25, 0.3) is 10.3 Å². The van der Waals surface area contributed by atoms with Gasteiger partial charge in [0.1, 0.15) is 0 Å². The zero-order chi connectivity index (χ0) is 17.5. The van der Waals surface area contributed by atoms with Crippen LogP contribution in [0.3, 0.4) is 0 Å². The number of aryl methyl sites for hydroxylation is 1. The van der Waals surface area contributed by atoms with Crippen LogP contribution in [0.25, 0.3) is 0 Å². The van der Waals surface area contributed by atoms with Gasteiger partial charge in [-0.15, -0.1) is 12.4 Å². The molecular weight excluding hydrogens is 354 g/mol. The maximum atomic E-state index is 8.75. The van der Waals surface area contributed by atoms with Gasteiger partial charge in [-0.3, -0.25) is 0 Å². The first kappa shape index (κ1) is 26.7. The maximum Gasteiger partial charge on any atom is 0.258 e. The number of nitrogens with two attached hydrogens (primary N) is 1. The molecule has 5 nitrogen and oxygen atoms in total. The molecular formula is C15H28ClN3O2S2. The Morgan fingerprint density at radius 3 is 1.74 bits per heavy atom. The van der Waals surface area contributed by atoms with Crippen molar-refractivity contribution in [3.63, 3.8) is 0 Å². The Balaban J connectivity index is -0.000000290. The largest absolute Gasteiger partial charge is 0.487 e. The zero-order valence-electron chi connectivity index (χ0n) is 14.1. The third-order valence-electron chi connectivity index (χ3n) is 2.73. The Labute approximate surface area is 156 Å². The van der Waals surface area contributed by atoms with E-state index in [2.05, 4.69) is 61.2 Å². The van der Waals surface area contributed by atoms with Crippen LogP contribution in [0.1, 0.15) is 26.3 Å². The topological polar surface area (TPSA) is 81.8 Å². The SMILES string of the molecule is CCN(CC)CC.Cc1ccccc1NC(O)=S.Cl.NC(O)=S. The monoisotopic (exact) mass is 381 g/mol. The van der Waals surface area contributed by atoms with Crippen LogP contribution in [0.5, 0.6) is 0 Å². The predicted octanol–water partition coefficient (Wildman–Crippen LogP) is 3.81. The summed E-state index contributed by atoms with van der Waals surface area (Å²) in [6.07, 6.45) is 0. The number of halogens is 1. The molecule has 0 spiro atoms. The molecule has 23 heavy (non-hydrogen) atoms. The second-order valence-electron chi connectivity index (χ2n) is 4.20. The molecule has 0 bridgehead atoms. The highest BCUT2D eigenvalue weighted by Gasteiger charge is 1.95. The number of rotatable bonds is 4. The predicted molar refractivity (Wildman–Crippen MR) is 110 cm³/mol. The van der Waals surface area contributed by atoms with Crippen LogP contribution in [0.2, 0.25) is 0 Å². The Bertz CT molecular complexity index is 435. The second-order valence-corrected chi connectivity index (χ2v) is 5.01. The fourth-order valence-corrected chi connectivity index (χ4v) is 1.61. The van der Waals surface area contributed by atoms with Crippen molar-refractivity contribution in [2.24, 2.45) is 5.73 Å². The molecule has 0 aliphatic rings. The third kappa shape index (κ3) is 18.8. The van der Waals surface area contributed by atoms with Gasteiger partial charge in [0, 0.05) is 5.69 Å². The summed E-state index contributed by atoms with van der Waals surface area (Å²) in [5.74, 6) is 0. The van der Waals surface area contributed by atoms with Crippen molar-refractivity contribution < 1.29 is 10.2 Å². The first-order valence-electron chi connectivity index (χ1n) is 7.04. The minimum Gasteiger partial charge on any atom is -0.487 e. The molecule has 0 radical (unpaired) electrons. The Morgan fingerprint density at radius 1 is 1.09 bits per heavy atom. The quantitative estimate of drug-likeness (QED) is 0.590. The summed E-state index contributed by atoms with van der Waals surface area (Å²) < 4.78 is 0.